The van der Waals surface area contributed by atoms with E-state index in [1.807, 2.05) is 0 Å². The first-order chi connectivity index (χ1) is 12.0. The fraction of sp³-hybridized carbons (Fsp3) is 0.125. The summed E-state index contributed by atoms with van der Waals surface area (Å²) in [4.78, 5) is 11.9. The number of sulfonamides is 1. The fourth-order valence-corrected chi connectivity index (χ4v) is 4.22. The summed E-state index contributed by atoms with van der Waals surface area (Å²) < 4.78 is 40.9. The zero-order chi connectivity index (χ0) is 17.9. The summed E-state index contributed by atoms with van der Waals surface area (Å²) in [6.07, 6.45) is 0. The van der Waals surface area contributed by atoms with Gasteiger partial charge in [-0.25, -0.2) is 22.2 Å². The molecule has 2 heterocycles. The second kappa shape index (κ2) is 7.26. The first-order valence-electron chi connectivity index (χ1n) is 7.33. The number of hydrogen-bond acceptors (Lipinski definition) is 5. The molecule has 25 heavy (non-hydrogen) atoms. The molecule has 0 aliphatic heterocycles. The van der Waals surface area contributed by atoms with Crippen LogP contribution < -0.4 is 10.3 Å². The molecule has 0 aliphatic carbocycles. The lowest BCUT2D eigenvalue weighted by Gasteiger charge is -2.08. The van der Waals surface area contributed by atoms with Crippen molar-refractivity contribution in [2.75, 3.05) is 6.54 Å². The van der Waals surface area contributed by atoms with Crippen LogP contribution in [0.3, 0.4) is 0 Å². The smallest absolute Gasteiger partial charge is 0.266 e. The molecule has 0 saturated carbocycles. The first-order valence-corrected chi connectivity index (χ1v) is 9.69. The van der Waals surface area contributed by atoms with Crippen LogP contribution in [0, 0.1) is 5.82 Å². The van der Waals surface area contributed by atoms with Gasteiger partial charge in [0.2, 0.25) is 10.0 Å². The molecule has 1 N–H and O–H groups in total. The summed E-state index contributed by atoms with van der Waals surface area (Å²) >= 11 is 1.11. The average Bonchev–Trinajstić information content (AvgIpc) is 3.13. The molecule has 3 aromatic rings. The maximum absolute atomic E-state index is 13.0. The molecule has 0 atom stereocenters. The van der Waals surface area contributed by atoms with Crippen LogP contribution in [-0.2, 0) is 16.6 Å². The predicted molar refractivity (Wildman–Crippen MR) is 93.4 cm³/mol. The molecule has 0 bridgehead atoms. The van der Waals surface area contributed by atoms with Gasteiger partial charge in [-0.2, -0.15) is 5.10 Å². The van der Waals surface area contributed by atoms with E-state index < -0.39 is 10.0 Å². The van der Waals surface area contributed by atoms with E-state index in [0.717, 1.165) is 11.3 Å². The molecule has 0 saturated heterocycles. The van der Waals surface area contributed by atoms with Gasteiger partial charge in [0.25, 0.3) is 5.56 Å². The van der Waals surface area contributed by atoms with Gasteiger partial charge in [0.1, 0.15) is 10.0 Å². The van der Waals surface area contributed by atoms with Crippen molar-refractivity contribution in [1.29, 1.82) is 0 Å². The van der Waals surface area contributed by atoms with Gasteiger partial charge in [-0.1, -0.05) is 6.07 Å². The molecule has 0 radical (unpaired) electrons. The normalized spacial score (nSPS) is 11.6. The van der Waals surface area contributed by atoms with Gasteiger partial charge in [0.05, 0.1) is 12.2 Å². The zero-order valence-electron chi connectivity index (χ0n) is 12.9. The van der Waals surface area contributed by atoms with Gasteiger partial charge in [0, 0.05) is 18.2 Å². The molecule has 0 spiro atoms. The summed E-state index contributed by atoms with van der Waals surface area (Å²) in [7, 11) is -3.58. The number of benzene rings is 1. The topological polar surface area (TPSA) is 81.1 Å². The molecule has 9 heteroatoms. The van der Waals surface area contributed by atoms with Gasteiger partial charge in [0.15, 0.2) is 0 Å². The largest absolute Gasteiger partial charge is 0.268 e. The van der Waals surface area contributed by atoms with Crippen LogP contribution in [0.15, 0.2) is 62.9 Å². The van der Waals surface area contributed by atoms with Gasteiger partial charge >= 0.3 is 0 Å². The molecular weight excluding hydrogens is 365 g/mol. The van der Waals surface area contributed by atoms with Crippen molar-refractivity contribution in [3.05, 3.63) is 70.1 Å². The Morgan fingerprint density at radius 1 is 1.12 bits per heavy atom. The Bertz CT molecular complexity index is 1010. The van der Waals surface area contributed by atoms with Gasteiger partial charge in [-0.15, -0.1) is 11.3 Å². The van der Waals surface area contributed by atoms with E-state index in [4.69, 9.17) is 0 Å². The highest BCUT2D eigenvalue weighted by molar-refractivity contribution is 7.91. The van der Waals surface area contributed by atoms with E-state index in [1.54, 1.807) is 29.6 Å². The second-order valence-corrected chi connectivity index (χ2v) is 8.06. The number of halogens is 1. The minimum Gasteiger partial charge on any atom is -0.268 e. The van der Waals surface area contributed by atoms with E-state index in [-0.39, 0.29) is 28.7 Å². The Hall–Kier alpha value is -2.36. The quantitative estimate of drug-likeness (QED) is 0.711. The van der Waals surface area contributed by atoms with Crippen LogP contribution >= 0.6 is 11.3 Å². The van der Waals surface area contributed by atoms with Crippen LogP contribution in [0.25, 0.3) is 11.3 Å². The van der Waals surface area contributed by atoms with Crippen LogP contribution in [0.1, 0.15) is 0 Å². The number of hydrogen-bond donors (Lipinski definition) is 1. The number of rotatable bonds is 6. The van der Waals surface area contributed by atoms with Crippen molar-refractivity contribution < 1.29 is 12.8 Å². The minimum absolute atomic E-state index is 0.0278. The number of nitrogens with one attached hydrogen (secondary N) is 1. The van der Waals surface area contributed by atoms with Crippen LogP contribution in [0.4, 0.5) is 4.39 Å². The fourth-order valence-electron chi connectivity index (χ4n) is 2.16. The number of thiophene rings is 1. The van der Waals surface area contributed by atoms with Gasteiger partial charge < -0.3 is 0 Å². The van der Waals surface area contributed by atoms with E-state index in [9.17, 15) is 17.6 Å². The molecule has 1 aromatic carbocycles. The summed E-state index contributed by atoms with van der Waals surface area (Å²) in [6.45, 7) is 0.110. The van der Waals surface area contributed by atoms with Gasteiger partial charge in [-0.3, -0.25) is 4.79 Å². The Morgan fingerprint density at radius 2 is 1.88 bits per heavy atom. The average molecular weight is 379 g/mol. The lowest BCUT2D eigenvalue weighted by atomic mass is 10.1. The number of nitrogens with zero attached hydrogens (tertiary/aromatic N) is 2. The molecule has 3 rings (SSSR count). The zero-order valence-corrected chi connectivity index (χ0v) is 14.6. The Kier molecular flexibility index (Phi) is 5.07. The molecule has 6 nitrogen and oxygen atoms in total. The molecule has 2 aromatic heterocycles. The third-order valence-corrected chi connectivity index (χ3v) is 6.24. The summed E-state index contributed by atoms with van der Waals surface area (Å²) in [5.41, 5.74) is 0.816. The standard InChI is InChI=1S/C16H14FN3O3S2/c17-13-5-3-12(4-6-13)14-7-8-15(21)20(19-14)10-9-18-25(22,23)16-2-1-11-24-16/h1-8,11,18H,9-10H2. The monoisotopic (exact) mass is 379 g/mol. The van der Waals surface area contributed by atoms with Crippen molar-refractivity contribution in [2.45, 2.75) is 10.8 Å². The Morgan fingerprint density at radius 3 is 2.56 bits per heavy atom. The van der Waals surface area contributed by atoms with Crippen molar-refractivity contribution in [2.24, 2.45) is 0 Å². The van der Waals surface area contributed by atoms with E-state index in [2.05, 4.69) is 9.82 Å². The minimum atomic E-state index is -3.58. The van der Waals surface area contributed by atoms with E-state index in [0.29, 0.717) is 11.3 Å². The van der Waals surface area contributed by atoms with Crippen molar-refractivity contribution in [1.82, 2.24) is 14.5 Å². The van der Waals surface area contributed by atoms with Crippen molar-refractivity contribution in [3.8, 4) is 11.3 Å². The SMILES string of the molecule is O=c1ccc(-c2ccc(F)cc2)nn1CCNS(=O)(=O)c1cccs1. The third-order valence-electron chi connectivity index (χ3n) is 3.38. The van der Waals surface area contributed by atoms with E-state index in [1.165, 1.54) is 28.9 Å². The third kappa shape index (κ3) is 4.19. The summed E-state index contributed by atoms with van der Waals surface area (Å²) in [5, 5.41) is 5.88. The Balaban J connectivity index is 1.73. The molecule has 0 amide bonds. The molecule has 130 valence electrons. The molecule has 0 unspecified atom stereocenters. The van der Waals surface area contributed by atoms with E-state index >= 15 is 0 Å². The molecular formula is C16H14FN3O3S2. The Labute approximate surface area is 147 Å². The van der Waals surface area contributed by atoms with Crippen molar-refractivity contribution >= 4 is 21.4 Å². The van der Waals surface area contributed by atoms with Crippen LogP contribution in [0.2, 0.25) is 0 Å². The lowest BCUT2D eigenvalue weighted by molar-refractivity contribution is 0.550. The highest BCUT2D eigenvalue weighted by Crippen LogP contribution is 2.16. The van der Waals surface area contributed by atoms with Crippen molar-refractivity contribution in [3.63, 3.8) is 0 Å². The maximum Gasteiger partial charge on any atom is 0.266 e. The second-order valence-electron chi connectivity index (χ2n) is 5.12. The first kappa shape index (κ1) is 17.5. The molecule has 0 aliphatic rings. The lowest BCUT2D eigenvalue weighted by Crippen LogP contribution is -2.31. The molecule has 0 fully saturated rings. The summed E-state index contributed by atoms with van der Waals surface area (Å²) in [5.74, 6) is -0.361. The highest BCUT2D eigenvalue weighted by Gasteiger charge is 2.14. The van der Waals surface area contributed by atoms with Gasteiger partial charge in [-0.05, 0) is 41.8 Å². The van der Waals surface area contributed by atoms with Crippen LogP contribution in [0.5, 0.6) is 0 Å². The predicted octanol–water partition coefficient (Wildman–Crippen LogP) is 2.09. The summed E-state index contributed by atoms with van der Waals surface area (Å²) in [6, 6.07) is 11.8. The highest BCUT2D eigenvalue weighted by atomic mass is 32.2. The maximum atomic E-state index is 13.0. The van der Waals surface area contributed by atoms with Crippen LogP contribution in [-0.4, -0.2) is 24.7 Å². The number of aromatic nitrogens is 2.